The number of amides is 1. The van der Waals surface area contributed by atoms with Crippen molar-refractivity contribution < 1.29 is 9.90 Å². The van der Waals surface area contributed by atoms with Crippen molar-refractivity contribution >= 4 is 5.91 Å². The molecule has 2 rings (SSSR count). The summed E-state index contributed by atoms with van der Waals surface area (Å²) >= 11 is 0. The fraction of sp³-hybridized carbons (Fsp3) is 0.500. The van der Waals surface area contributed by atoms with Gasteiger partial charge in [0.1, 0.15) is 0 Å². The van der Waals surface area contributed by atoms with Gasteiger partial charge in [0.15, 0.2) is 0 Å². The van der Waals surface area contributed by atoms with Crippen molar-refractivity contribution in [3.05, 3.63) is 29.6 Å². The summed E-state index contributed by atoms with van der Waals surface area (Å²) < 4.78 is 0. The summed E-state index contributed by atoms with van der Waals surface area (Å²) in [5.41, 5.74) is 1.16. The van der Waals surface area contributed by atoms with Gasteiger partial charge in [-0.05, 0) is 39.0 Å². The number of hydrogen-bond donors (Lipinski definition) is 2. The van der Waals surface area contributed by atoms with Gasteiger partial charge in [-0.2, -0.15) is 0 Å². The van der Waals surface area contributed by atoms with Crippen LogP contribution in [0.15, 0.2) is 18.5 Å². The topological polar surface area (TPSA) is 65.5 Å². The number of aliphatic hydroxyl groups is 1. The molecule has 2 N–H and O–H groups in total. The third-order valence-corrected chi connectivity index (χ3v) is 3.58. The van der Waals surface area contributed by atoms with Crippen molar-refractivity contribution in [1.29, 1.82) is 0 Å². The maximum absolute atomic E-state index is 12.4. The van der Waals surface area contributed by atoms with Crippen LogP contribution >= 0.6 is 0 Å². The standard InChI is InChI=1S/C16H21N3O2/c1-19-9-6-14(7-10-19)18-16(21)15-5-8-17-12-13(15)4-2-3-11-20/h5,8,12,14,20H,3,6-7,9-11H2,1H3,(H,18,21). The van der Waals surface area contributed by atoms with Gasteiger partial charge in [-0.1, -0.05) is 11.8 Å². The molecule has 1 amide bonds. The molecule has 1 aromatic heterocycles. The minimum Gasteiger partial charge on any atom is -0.395 e. The fourth-order valence-electron chi connectivity index (χ4n) is 2.32. The van der Waals surface area contributed by atoms with Gasteiger partial charge in [-0.25, -0.2) is 0 Å². The van der Waals surface area contributed by atoms with Crippen LogP contribution in [0.2, 0.25) is 0 Å². The molecule has 0 spiro atoms. The van der Waals surface area contributed by atoms with E-state index in [4.69, 9.17) is 5.11 Å². The highest BCUT2D eigenvalue weighted by Crippen LogP contribution is 2.11. The van der Waals surface area contributed by atoms with Crippen LogP contribution in [0.5, 0.6) is 0 Å². The molecule has 1 fully saturated rings. The van der Waals surface area contributed by atoms with E-state index in [1.165, 1.54) is 0 Å². The number of rotatable bonds is 3. The van der Waals surface area contributed by atoms with E-state index in [1.807, 2.05) is 0 Å². The highest BCUT2D eigenvalue weighted by Gasteiger charge is 2.20. The number of hydrogen-bond acceptors (Lipinski definition) is 4. The summed E-state index contributed by atoms with van der Waals surface area (Å²) in [5, 5.41) is 11.8. The fourth-order valence-corrected chi connectivity index (χ4v) is 2.32. The number of likely N-dealkylation sites (tertiary alicyclic amines) is 1. The maximum Gasteiger partial charge on any atom is 0.252 e. The molecule has 1 aromatic rings. The Kier molecular flexibility index (Phi) is 5.73. The molecule has 0 bridgehead atoms. The zero-order valence-corrected chi connectivity index (χ0v) is 12.3. The highest BCUT2D eigenvalue weighted by atomic mass is 16.2. The quantitative estimate of drug-likeness (QED) is 0.801. The van der Waals surface area contributed by atoms with Crippen LogP contribution in [-0.4, -0.2) is 53.7 Å². The summed E-state index contributed by atoms with van der Waals surface area (Å²) in [7, 11) is 2.09. The number of carbonyl (C=O) groups excluding carboxylic acids is 1. The molecule has 0 radical (unpaired) electrons. The Labute approximate surface area is 125 Å². The van der Waals surface area contributed by atoms with Crippen molar-refractivity contribution in [3.8, 4) is 11.8 Å². The van der Waals surface area contributed by atoms with Gasteiger partial charge in [0.2, 0.25) is 0 Å². The second-order valence-electron chi connectivity index (χ2n) is 5.25. The number of nitrogens with one attached hydrogen (secondary N) is 1. The van der Waals surface area contributed by atoms with Crippen molar-refractivity contribution in [2.24, 2.45) is 0 Å². The van der Waals surface area contributed by atoms with Crippen molar-refractivity contribution in [1.82, 2.24) is 15.2 Å². The van der Waals surface area contributed by atoms with E-state index in [9.17, 15) is 4.79 Å². The molecule has 0 aliphatic carbocycles. The van der Waals surface area contributed by atoms with Crippen LogP contribution < -0.4 is 5.32 Å². The molecule has 2 heterocycles. The smallest absolute Gasteiger partial charge is 0.252 e. The largest absolute Gasteiger partial charge is 0.395 e. The van der Waals surface area contributed by atoms with E-state index >= 15 is 0 Å². The predicted molar refractivity (Wildman–Crippen MR) is 80.8 cm³/mol. The number of piperidine rings is 1. The average molecular weight is 287 g/mol. The van der Waals surface area contributed by atoms with Crippen molar-refractivity contribution in [2.75, 3.05) is 26.7 Å². The van der Waals surface area contributed by atoms with E-state index in [0.29, 0.717) is 17.5 Å². The first-order valence-electron chi connectivity index (χ1n) is 7.24. The maximum atomic E-state index is 12.4. The average Bonchev–Trinajstić information content (AvgIpc) is 2.50. The van der Waals surface area contributed by atoms with Crippen LogP contribution in [0.3, 0.4) is 0 Å². The van der Waals surface area contributed by atoms with Gasteiger partial charge in [-0.3, -0.25) is 9.78 Å². The Morgan fingerprint density at radius 1 is 1.52 bits per heavy atom. The van der Waals surface area contributed by atoms with Crippen molar-refractivity contribution in [2.45, 2.75) is 25.3 Å². The van der Waals surface area contributed by atoms with Crippen LogP contribution in [0.4, 0.5) is 0 Å². The van der Waals surface area contributed by atoms with Crippen LogP contribution in [0.25, 0.3) is 0 Å². The molecule has 0 aromatic carbocycles. The molecule has 5 nitrogen and oxygen atoms in total. The number of carbonyl (C=O) groups is 1. The molecule has 0 unspecified atom stereocenters. The zero-order chi connectivity index (χ0) is 15.1. The lowest BCUT2D eigenvalue weighted by Gasteiger charge is -2.29. The van der Waals surface area contributed by atoms with Gasteiger partial charge >= 0.3 is 0 Å². The first kappa shape index (κ1) is 15.5. The Hall–Kier alpha value is -1.90. The summed E-state index contributed by atoms with van der Waals surface area (Å²) in [5.74, 6) is 5.63. The summed E-state index contributed by atoms with van der Waals surface area (Å²) in [6.07, 6.45) is 5.53. The molecule has 21 heavy (non-hydrogen) atoms. The number of aromatic nitrogens is 1. The van der Waals surface area contributed by atoms with E-state index in [0.717, 1.165) is 25.9 Å². The molecule has 5 heteroatoms. The SMILES string of the molecule is CN1CCC(NC(=O)c2ccncc2C#CCCO)CC1. The van der Waals surface area contributed by atoms with Crippen LogP contribution in [0.1, 0.15) is 35.2 Å². The Morgan fingerprint density at radius 3 is 3.00 bits per heavy atom. The first-order chi connectivity index (χ1) is 10.2. The third-order valence-electron chi connectivity index (χ3n) is 3.58. The Balaban J connectivity index is 2.04. The monoisotopic (exact) mass is 287 g/mol. The van der Waals surface area contributed by atoms with Crippen LogP contribution in [-0.2, 0) is 0 Å². The first-order valence-corrected chi connectivity index (χ1v) is 7.24. The zero-order valence-electron chi connectivity index (χ0n) is 12.3. The minimum atomic E-state index is -0.0970. The third kappa shape index (κ3) is 4.55. The van der Waals surface area contributed by atoms with Gasteiger partial charge in [-0.15, -0.1) is 0 Å². The number of aliphatic hydroxyl groups excluding tert-OH is 1. The second-order valence-corrected chi connectivity index (χ2v) is 5.25. The number of nitrogens with zero attached hydrogens (tertiary/aromatic N) is 2. The van der Waals surface area contributed by atoms with E-state index in [2.05, 4.69) is 34.1 Å². The van der Waals surface area contributed by atoms with Gasteiger partial charge in [0.05, 0.1) is 17.7 Å². The minimum absolute atomic E-state index is 0.0182. The normalized spacial score (nSPS) is 16.1. The molecule has 112 valence electrons. The Morgan fingerprint density at radius 2 is 2.29 bits per heavy atom. The molecule has 0 saturated carbocycles. The predicted octanol–water partition coefficient (Wildman–Crippen LogP) is 0.639. The lowest BCUT2D eigenvalue weighted by Crippen LogP contribution is -2.43. The molecular weight excluding hydrogens is 266 g/mol. The lowest BCUT2D eigenvalue weighted by molar-refractivity contribution is 0.0916. The molecule has 1 aliphatic rings. The van der Waals surface area contributed by atoms with Gasteiger partial charge in [0, 0.05) is 24.9 Å². The number of pyridine rings is 1. The second kappa shape index (κ2) is 7.77. The molecular formula is C16H21N3O2. The molecule has 0 atom stereocenters. The summed E-state index contributed by atoms with van der Waals surface area (Å²) in [6, 6.07) is 1.91. The van der Waals surface area contributed by atoms with Gasteiger partial charge < -0.3 is 15.3 Å². The van der Waals surface area contributed by atoms with Crippen molar-refractivity contribution in [3.63, 3.8) is 0 Å². The Bertz CT molecular complexity index is 540. The van der Waals surface area contributed by atoms with E-state index in [1.54, 1.807) is 18.5 Å². The molecule has 1 aliphatic heterocycles. The van der Waals surface area contributed by atoms with Gasteiger partial charge in [0.25, 0.3) is 5.91 Å². The summed E-state index contributed by atoms with van der Waals surface area (Å²) in [4.78, 5) is 18.7. The summed E-state index contributed by atoms with van der Waals surface area (Å²) in [6.45, 7) is 2.03. The molecule has 1 saturated heterocycles. The highest BCUT2D eigenvalue weighted by molar-refractivity contribution is 5.96. The van der Waals surface area contributed by atoms with Crippen LogP contribution in [0, 0.1) is 11.8 Å². The van der Waals surface area contributed by atoms with E-state index in [-0.39, 0.29) is 18.6 Å². The lowest BCUT2D eigenvalue weighted by atomic mass is 10.0. The van der Waals surface area contributed by atoms with E-state index < -0.39 is 0 Å².